The van der Waals surface area contributed by atoms with E-state index in [-0.39, 0.29) is 11.8 Å². The fraction of sp³-hybridized carbons (Fsp3) is 0.889. The van der Waals surface area contributed by atoms with Crippen LogP contribution in [0.4, 0.5) is 0 Å². The van der Waals surface area contributed by atoms with Gasteiger partial charge in [-0.2, -0.15) is 11.8 Å². The summed E-state index contributed by atoms with van der Waals surface area (Å²) < 4.78 is 0. The number of thioether (sulfide) groups is 1. The number of carbonyl (C=O) groups excluding carboxylic acids is 1. The number of rotatable bonds is 4. The predicted octanol–water partition coefficient (Wildman–Crippen LogP) is 1.85. The van der Waals surface area contributed by atoms with E-state index in [4.69, 9.17) is 0 Å². The van der Waals surface area contributed by atoms with Gasteiger partial charge in [-0.25, -0.2) is 0 Å². The fourth-order valence-electron chi connectivity index (χ4n) is 0.923. The molecule has 0 fully saturated rings. The molecular weight excluding hydrogens is 170 g/mol. The van der Waals surface area contributed by atoms with Crippen molar-refractivity contribution in [3.8, 4) is 0 Å². The first-order valence-corrected chi connectivity index (χ1v) is 5.65. The zero-order valence-electron chi connectivity index (χ0n) is 8.63. The second-order valence-corrected chi connectivity index (χ2v) is 4.31. The Hall–Kier alpha value is -0.180. The predicted molar refractivity (Wildman–Crippen MR) is 55.5 cm³/mol. The summed E-state index contributed by atoms with van der Waals surface area (Å²) in [5.74, 6) is 1.31. The summed E-state index contributed by atoms with van der Waals surface area (Å²) in [7, 11) is 1.86. The van der Waals surface area contributed by atoms with Crippen LogP contribution < -0.4 is 0 Å². The largest absolute Gasteiger partial charge is 0.343 e. The molecule has 2 nitrogen and oxygen atoms in total. The quantitative estimate of drug-likeness (QED) is 0.672. The molecule has 1 atom stereocenters. The maximum atomic E-state index is 11.6. The lowest BCUT2D eigenvalue weighted by molar-refractivity contribution is -0.134. The summed E-state index contributed by atoms with van der Waals surface area (Å²) >= 11 is 1.72. The third kappa shape index (κ3) is 3.48. The van der Waals surface area contributed by atoms with Gasteiger partial charge in [0.1, 0.15) is 0 Å². The van der Waals surface area contributed by atoms with E-state index >= 15 is 0 Å². The van der Waals surface area contributed by atoms with Crippen LogP contribution in [-0.4, -0.2) is 35.9 Å². The Balaban J connectivity index is 4.00. The van der Waals surface area contributed by atoms with Crippen molar-refractivity contribution in [1.29, 1.82) is 0 Å². The van der Waals surface area contributed by atoms with Gasteiger partial charge in [-0.3, -0.25) is 4.79 Å². The maximum Gasteiger partial charge on any atom is 0.226 e. The summed E-state index contributed by atoms with van der Waals surface area (Å²) in [4.78, 5) is 13.4. The van der Waals surface area contributed by atoms with Crippen LogP contribution in [0.5, 0.6) is 0 Å². The van der Waals surface area contributed by atoms with E-state index in [9.17, 15) is 4.79 Å². The maximum absolute atomic E-state index is 11.6. The molecule has 12 heavy (non-hydrogen) atoms. The van der Waals surface area contributed by atoms with E-state index in [1.165, 1.54) is 0 Å². The third-order valence-corrected chi connectivity index (χ3v) is 2.79. The minimum Gasteiger partial charge on any atom is -0.343 e. The van der Waals surface area contributed by atoms with Gasteiger partial charge < -0.3 is 4.90 Å². The van der Waals surface area contributed by atoms with Crippen molar-refractivity contribution in [2.75, 3.05) is 19.1 Å². The van der Waals surface area contributed by atoms with Gasteiger partial charge in [0.2, 0.25) is 5.91 Å². The molecule has 0 bridgehead atoms. The minimum absolute atomic E-state index is 0.146. The van der Waals surface area contributed by atoms with Gasteiger partial charge in [0, 0.05) is 24.8 Å². The van der Waals surface area contributed by atoms with Crippen molar-refractivity contribution in [1.82, 2.24) is 4.90 Å². The first-order valence-electron chi connectivity index (χ1n) is 4.26. The van der Waals surface area contributed by atoms with E-state index in [1.54, 1.807) is 16.7 Å². The summed E-state index contributed by atoms with van der Waals surface area (Å²) in [6.07, 6.45) is 2.03. The molecule has 0 radical (unpaired) electrons. The van der Waals surface area contributed by atoms with Crippen molar-refractivity contribution < 1.29 is 4.79 Å². The Labute approximate surface area is 79.7 Å². The molecule has 1 amide bonds. The average Bonchev–Trinajstić information content (AvgIpc) is 2.02. The Morgan fingerprint density at radius 1 is 1.42 bits per heavy atom. The topological polar surface area (TPSA) is 20.3 Å². The highest BCUT2D eigenvalue weighted by molar-refractivity contribution is 7.98. The van der Waals surface area contributed by atoms with E-state index in [1.807, 2.05) is 34.1 Å². The van der Waals surface area contributed by atoms with Crippen LogP contribution in [-0.2, 0) is 4.79 Å². The Morgan fingerprint density at radius 3 is 2.25 bits per heavy atom. The van der Waals surface area contributed by atoms with Gasteiger partial charge in [0.15, 0.2) is 0 Å². The van der Waals surface area contributed by atoms with E-state index in [0.717, 1.165) is 5.75 Å². The normalized spacial score (nSPS) is 13.2. The molecule has 0 heterocycles. The number of amides is 1. The van der Waals surface area contributed by atoms with Gasteiger partial charge in [0.05, 0.1) is 0 Å². The van der Waals surface area contributed by atoms with Crippen molar-refractivity contribution in [2.24, 2.45) is 5.92 Å². The number of nitrogens with zero attached hydrogens (tertiary/aromatic N) is 1. The smallest absolute Gasteiger partial charge is 0.226 e. The molecule has 3 heteroatoms. The minimum atomic E-state index is 0.146. The summed E-state index contributed by atoms with van der Waals surface area (Å²) in [6.45, 7) is 6.05. The Bertz CT molecular complexity index is 147. The molecule has 0 saturated carbocycles. The molecule has 0 spiro atoms. The van der Waals surface area contributed by atoms with Crippen LogP contribution in [0.1, 0.15) is 20.8 Å². The second-order valence-electron chi connectivity index (χ2n) is 3.40. The zero-order valence-corrected chi connectivity index (χ0v) is 9.44. The van der Waals surface area contributed by atoms with Gasteiger partial charge >= 0.3 is 0 Å². The summed E-state index contributed by atoms with van der Waals surface area (Å²) in [5.41, 5.74) is 0. The van der Waals surface area contributed by atoms with Crippen LogP contribution >= 0.6 is 11.8 Å². The zero-order chi connectivity index (χ0) is 9.72. The molecule has 0 aliphatic carbocycles. The monoisotopic (exact) mass is 189 g/mol. The van der Waals surface area contributed by atoms with Gasteiger partial charge in [-0.1, -0.05) is 6.92 Å². The third-order valence-electron chi connectivity index (χ3n) is 1.96. The highest BCUT2D eigenvalue weighted by Crippen LogP contribution is 2.09. The second kappa shape index (κ2) is 5.46. The molecule has 72 valence electrons. The molecule has 0 aromatic heterocycles. The number of hydrogen-bond donors (Lipinski definition) is 0. The van der Waals surface area contributed by atoms with Gasteiger partial charge in [-0.05, 0) is 20.1 Å². The Kier molecular flexibility index (Phi) is 5.38. The van der Waals surface area contributed by atoms with Gasteiger partial charge in [-0.15, -0.1) is 0 Å². The number of carbonyl (C=O) groups is 1. The van der Waals surface area contributed by atoms with Crippen molar-refractivity contribution in [3.63, 3.8) is 0 Å². The molecule has 0 aromatic carbocycles. The van der Waals surface area contributed by atoms with E-state index in [2.05, 4.69) is 0 Å². The van der Waals surface area contributed by atoms with Crippen LogP contribution in [0.25, 0.3) is 0 Å². The van der Waals surface area contributed by atoms with E-state index in [0.29, 0.717) is 6.04 Å². The van der Waals surface area contributed by atoms with Gasteiger partial charge in [0.25, 0.3) is 0 Å². The molecule has 0 rings (SSSR count). The molecule has 0 aromatic rings. The SMILES string of the molecule is CSCC(C)C(=O)N(C)C(C)C. The van der Waals surface area contributed by atoms with Crippen molar-refractivity contribution >= 4 is 17.7 Å². The van der Waals surface area contributed by atoms with Crippen LogP contribution in [0.3, 0.4) is 0 Å². The number of hydrogen-bond acceptors (Lipinski definition) is 2. The first kappa shape index (κ1) is 11.8. The molecule has 0 aliphatic rings. The lowest BCUT2D eigenvalue weighted by atomic mass is 10.1. The van der Waals surface area contributed by atoms with Crippen molar-refractivity contribution in [2.45, 2.75) is 26.8 Å². The average molecular weight is 189 g/mol. The van der Waals surface area contributed by atoms with Crippen LogP contribution in [0.15, 0.2) is 0 Å². The van der Waals surface area contributed by atoms with Crippen molar-refractivity contribution in [3.05, 3.63) is 0 Å². The first-order chi connectivity index (χ1) is 5.50. The molecule has 0 aliphatic heterocycles. The highest BCUT2D eigenvalue weighted by atomic mass is 32.2. The lowest BCUT2D eigenvalue weighted by Crippen LogP contribution is -2.37. The standard InChI is InChI=1S/C9H19NOS/c1-7(2)10(4)9(11)8(3)6-12-5/h7-8H,6H2,1-5H3. The molecular formula is C9H19NOS. The van der Waals surface area contributed by atoms with Crippen LogP contribution in [0, 0.1) is 5.92 Å². The fourth-order valence-corrected chi connectivity index (χ4v) is 1.57. The lowest BCUT2D eigenvalue weighted by Gasteiger charge is -2.24. The Morgan fingerprint density at radius 2 is 1.92 bits per heavy atom. The summed E-state index contributed by atoms with van der Waals surface area (Å²) in [5, 5.41) is 0. The summed E-state index contributed by atoms with van der Waals surface area (Å²) in [6, 6.07) is 0.307. The highest BCUT2D eigenvalue weighted by Gasteiger charge is 2.18. The van der Waals surface area contributed by atoms with Crippen LogP contribution in [0.2, 0.25) is 0 Å². The molecule has 0 saturated heterocycles. The molecule has 1 unspecified atom stereocenters. The molecule has 0 N–H and O–H groups in total. The van der Waals surface area contributed by atoms with E-state index < -0.39 is 0 Å².